The molecule has 0 spiro atoms. The van der Waals surface area contributed by atoms with Crippen LogP contribution in [-0.4, -0.2) is 22.5 Å². The van der Waals surface area contributed by atoms with Crippen LogP contribution >= 0.6 is 11.3 Å². The fourth-order valence-electron chi connectivity index (χ4n) is 2.70. The van der Waals surface area contributed by atoms with Gasteiger partial charge in [-0.1, -0.05) is 32.0 Å². The monoisotopic (exact) mass is 313 g/mol. The predicted molar refractivity (Wildman–Crippen MR) is 92.0 cm³/mol. The minimum Gasteiger partial charge on any atom is -0.510 e. The zero-order valence-electron chi connectivity index (χ0n) is 12.9. The van der Waals surface area contributed by atoms with Gasteiger partial charge in [-0.05, 0) is 24.5 Å². The van der Waals surface area contributed by atoms with Crippen LogP contribution in [0, 0.1) is 12.3 Å². The Labute approximate surface area is 134 Å². The van der Waals surface area contributed by atoms with Gasteiger partial charge in [-0.3, -0.25) is 5.41 Å². The number of benzene rings is 1. The van der Waals surface area contributed by atoms with Crippen molar-refractivity contribution in [3.8, 4) is 0 Å². The number of anilines is 1. The summed E-state index contributed by atoms with van der Waals surface area (Å²) in [5, 5.41) is 21.5. The summed E-state index contributed by atoms with van der Waals surface area (Å²) in [5.41, 5.74) is 3.62. The molecular formula is C17H19N3OS. The van der Waals surface area contributed by atoms with E-state index < -0.39 is 0 Å². The first-order valence-electron chi connectivity index (χ1n) is 7.29. The van der Waals surface area contributed by atoms with Crippen molar-refractivity contribution in [1.82, 2.24) is 4.98 Å². The van der Waals surface area contributed by atoms with Crippen LogP contribution in [0.25, 0.3) is 5.57 Å². The maximum absolute atomic E-state index is 10.3. The molecule has 0 aliphatic carbocycles. The van der Waals surface area contributed by atoms with Crippen molar-refractivity contribution in [2.24, 2.45) is 0 Å². The molecule has 0 saturated carbocycles. The summed E-state index contributed by atoms with van der Waals surface area (Å²) in [6, 6.07) is 8.07. The van der Waals surface area contributed by atoms with Gasteiger partial charge in [0.05, 0.1) is 12.1 Å². The molecule has 22 heavy (non-hydrogen) atoms. The third kappa shape index (κ3) is 2.41. The SMILES string of the molecule is Cc1csc(C2=C(O)CN(c3ccccc3C(C)C)C2=N)n1. The summed E-state index contributed by atoms with van der Waals surface area (Å²) >= 11 is 1.47. The molecule has 0 unspecified atom stereocenters. The summed E-state index contributed by atoms with van der Waals surface area (Å²) in [7, 11) is 0. The first-order chi connectivity index (χ1) is 10.5. The van der Waals surface area contributed by atoms with E-state index in [1.165, 1.54) is 16.9 Å². The highest BCUT2D eigenvalue weighted by atomic mass is 32.1. The van der Waals surface area contributed by atoms with Crippen LogP contribution in [0.4, 0.5) is 5.69 Å². The number of aromatic nitrogens is 1. The van der Waals surface area contributed by atoms with Gasteiger partial charge in [0, 0.05) is 16.8 Å². The molecule has 0 amide bonds. The molecule has 0 bridgehead atoms. The molecule has 2 heterocycles. The van der Waals surface area contributed by atoms with Crippen LogP contribution in [0.2, 0.25) is 0 Å². The average molecular weight is 313 g/mol. The molecule has 0 saturated heterocycles. The van der Waals surface area contributed by atoms with E-state index in [9.17, 15) is 5.11 Å². The summed E-state index contributed by atoms with van der Waals surface area (Å²) in [6.45, 7) is 6.52. The number of para-hydroxylation sites is 1. The van der Waals surface area contributed by atoms with Gasteiger partial charge in [0.25, 0.3) is 0 Å². The number of thiazole rings is 1. The maximum Gasteiger partial charge on any atom is 0.139 e. The van der Waals surface area contributed by atoms with E-state index in [1.54, 1.807) is 0 Å². The highest BCUT2D eigenvalue weighted by molar-refractivity contribution is 7.11. The second kappa shape index (κ2) is 5.57. The Bertz CT molecular complexity index is 761. The molecule has 3 rings (SSSR count). The number of rotatable bonds is 3. The number of hydrogen-bond acceptors (Lipinski definition) is 4. The van der Waals surface area contributed by atoms with Crippen molar-refractivity contribution in [2.45, 2.75) is 26.7 Å². The quantitative estimate of drug-likeness (QED) is 0.886. The van der Waals surface area contributed by atoms with Crippen molar-refractivity contribution >= 4 is 28.4 Å². The zero-order chi connectivity index (χ0) is 15.9. The lowest BCUT2D eigenvalue weighted by Crippen LogP contribution is -2.27. The van der Waals surface area contributed by atoms with Crippen LogP contribution in [0.1, 0.15) is 36.0 Å². The number of nitrogens with zero attached hydrogens (tertiary/aromatic N) is 2. The number of nitrogens with one attached hydrogen (secondary N) is 1. The smallest absolute Gasteiger partial charge is 0.139 e. The van der Waals surface area contributed by atoms with Gasteiger partial charge in [0.15, 0.2) is 0 Å². The van der Waals surface area contributed by atoms with E-state index in [1.807, 2.05) is 35.4 Å². The molecule has 1 aliphatic heterocycles. The van der Waals surface area contributed by atoms with E-state index in [0.29, 0.717) is 28.9 Å². The van der Waals surface area contributed by atoms with E-state index in [-0.39, 0.29) is 5.76 Å². The Balaban J connectivity index is 1.99. The Kier molecular flexibility index (Phi) is 3.74. The maximum atomic E-state index is 10.3. The largest absolute Gasteiger partial charge is 0.510 e. The molecule has 1 aliphatic rings. The minimum absolute atomic E-state index is 0.220. The number of aliphatic hydroxyl groups is 1. The van der Waals surface area contributed by atoms with E-state index in [2.05, 4.69) is 24.9 Å². The molecule has 0 fully saturated rings. The molecular weight excluding hydrogens is 294 g/mol. The van der Waals surface area contributed by atoms with Gasteiger partial charge < -0.3 is 10.0 Å². The Morgan fingerprint density at radius 3 is 2.68 bits per heavy atom. The highest BCUT2D eigenvalue weighted by Crippen LogP contribution is 2.35. The zero-order valence-corrected chi connectivity index (χ0v) is 13.7. The van der Waals surface area contributed by atoms with E-state index >= 15 is 0 Å². The van der Waals surface area contributed by atoms with Crippen molar-refractivity contribution in [3.05, 3.63) is 51.7 Å². The average Bonchev–Trinajstić information content (AvgIpc) is 3.02. The van der Waals surface area contributed by atoms with Crippen molar-refractivity contribution in [2.75, 3.05) is 11.4 Å². The summed E-state index contributed by atoms with van der Waals surface area (Å²) in [4.78, 5) is 6.27. The standard InChI is InChI=1S/C17H19N3OS/c1-10(2)12-6-4-5-7-13(12)20-8-14(21)15(16(20)18)17-19-11(3)9-22-17/h4-7,9-10,18,21H,8H2,1-3H3. The van der Waals surface area contributed by atoms with Crippen LogP contribution < -0.4 is 4.90 Å². The third-order valence-corrected chi connectivity index (χ3v) is 4.76. The van der Waals surface area contributed by atoms with Gasteiger partial charge >= 0.3 is 0 Å². The molecule has 114 valence electrons. The molecule has 1 aromatic carbocycles. The van der Waals surface area contributed by atoms with Crippen LogP contribution in [0.5, 0.6) is 0 Å². The molecule has 4 nitrogen and oxygen atoms in total. The van der Waals surface area contributed by atoms with E-state index in [0.717, 1.165) is 11.4 Å². The highest BCUT2D eigenvalue weighted by Gasteiger charge is 2.32. The second-order valence-electron chi connectivity index (χ2n) is 5.76. The van der Waals surface area contributed by atoms with Gasteiger partial charge in [-0.25, -0.2) is 4.98 Å². The summed E-state index contributed by atoms with van der Waals surface area (Å²) < 4.78 is 0. The normalized spacial score (nSPS) is 15.3. The van der Waals surface area contributed by atoms with Gasteiger partial charge in [0.2, 0.25) is 0 Å². The van der Waals surface area contributed by atoms with Crippen molar-refractivity contribution < 1.29 is 5.11 Å². The lowest BCUT2D eigenvalue weighted by Gasteiger charge is -2.23. The number of amidine groups is 1. The van der Waals surface area contributed by atoms with E-state index in [4.69, 9.17) is 5.41 Å². The van der Waals surface area contributed by atoms with Crippen LogP contribution in [-0.2, 0) is 0 Å². The van der Waals surface area contributed by atoms with Crippen LogP contribution in [0.3, 0.4) is 0 Å². The van der Waals surface area contributed by atoms with Crippen LogP contribution in [0.15, 0.2) is 35.4 Å². The Hall–Kier alpha value is -2.14. The topological polar surface area (TPSA) is 60.2 Å². The fourth-order valence-corrected chi connectivity index (χ4v) is 3.56. The number of hydrogen-bond donors (Lipinski definition) is 2. The first kappa shape index (κ1) is 14.8. The molecule has 2 aromatic rings. The molecule has 0 radical (unpaired) electrons. The molecule has 0 atom stereocenters. The molecule has 5 heteroatoms. The van der Waals surface area contributed by atoms with Gasteiger partial charge in [-0.15, -0.1) is 11.3 Å². The Morgan fingerprint density at radius 2 is 2.05 bits per heavy atom. The van der Waals surface area contributed by atoms with Gasteiger partial charge in [0.1, 0.15) is 16.6 Å². The number of aliphatic hydroxyl groups excluding tert-OH is 1. The molecule has 1 aromatic heterocycles. The fraction of sp³-hybridized carbons (Fsp3) is 0.294. The minimum atomic E-state index is 0.220. The predicted octanol–water partition coefficient (Wildman–Crippen LogP) is 4.34. The summed E-state index contributed by atoms with van der Waals surface area (Å²) in [5.74, 6) is 0.898. The first-order valence-corrected chi connectivity index (χ1v) is 8.17. The third-order valence-electron chi connectivity index (χ3n) is 3.79. The van der Waals surface area contributed by atoms with Gasteiger partial charge in [-0.2, -0.15) is 0 Å². The second-order valence-corrected chi connectivity index (χ2v) is 6.62. The Morgan fingerprint density at radius 1 is 1.32 bits per heavy atom. The lowest BCUT2D eigenvalue weighted by atomic mass is 10.0. The molecule has 2 N–H and O–H groups in total. The van der Waals surface area contributed by atoms with Crippen molar-refractivity contribution in [1.29, 1.82) is 5.41 Å². The van der Waals surface area contributed by atoms with Crippen molar-refractivity contribution in [3.63, 3.8) is 0 Å². The lowest BCUT2D eigenvalue weighted by molar-refractivity contribution is 0.411. The number of aryl methyl sites for hydroxylation is 1. The summed E-state index contributed by atoms with van der Waals surface area (Å²) in [6.07, 6.45) is 0.